The quantitative estimate of drug-likeness (QED) is 0.0919. The van der Waals surface area contributed by atoms with Crippen LogP contribution in [0.1, 0.15) is 119 Å². The Kier molecular flexibility index (Phi) is 12.3. The Bertz CT molecular complexity index is 1710. The van der Waals surface area contributed by atoms with Gasteiger partial charge in [0.15, 0.2) is 5.78 Å². The predicted molar refractivity (Wildman–Crippen MR) is 189 cm³/mol. The standard InChI is InChI=1S/C29H24N.C13H24O2.Ir/c1-18(2)22-16-21-14-15-30-29-24-13-12-19-8-6-7-11-23(19)28(24)26(25(17-22)27(21)29)20-9-4-3-5-10-20;1-5-10(6-2)12(14)9-13(15)11(7-3)8-4;/h3-6,8-10,12,14-18,26H,7,11H2,1-2H3;9-11,14H,5-8H2,1-4H3;/q-1;;/b;12-9-;. The molecule has 0 aliphatic heterocycles. The second-order valence-corrected chi connectivity index (χ2v) is 12.8. The van der Waals surface area contributed by atoms with Crippen LogP contribution in [0.25, 0.3) is 28.1 Å². The van der Waals surface area contributed by atoms with Gasteiger partial charge in [0.1, 0.15) is 0 Å². The fourth-order valence-electron chi connectivity index (χ4n) is 7.05. The Morgan fingerprint density at radius 2 is 1.70 bits per heavy atom. The molecule has 243 valence electrons. The first-order valence-electron chi connectivity index (χ1n) is 17.0. The Labute approximate surface area is 289 Å². The van der Waals surface area contributed by atoms with Gasteiger partial charge in [-0.25, -0.2) is 0 Å². The Morgan fingerprint density at radius 1 is 1.00 bits per heavy atom. The molecular weight excluding hydrogens is 743 g/mol. The van der Waals surface area contributed by atoms with E-state index in [1.807, 2.05) is 33.9 Å². The number of rotatable bonds is 9. The van der Waals surface area contributed by atoms with Crippen molar-refractivity contribution in [3.05, 3.63) is 118 Å². The molecule has 6 rings (SSSR count). The van der Waals surface area contributed by atoms with Crippen LogP contribution in [0.5, 0.6) is 0 Å². The molecular formula is C42H48IrNO2-. The number of carbonyl (C=O) groups is 1. The van der Waals surface area contributed by atoms with Crippen LogP contribution in [0.3, 0.4) is 0 Å². The number of aliphatic hydroxyl groups excluding tert-OH is 1. The molecule has 4 aromatic rings. The molecule has 0 amide bonds. The SMILES string of the molecule is CC(C)c1cc2c3c(nccc3c1)-c1[c-]cc3c(c1C2c1ccccc1)CCC=C3.CCC(CC)C(=O)/C=C(\O)C(CC)CC.[Ir]. The normalized spacial score (nSPS) is 14.9. The zero-order valence-corrected chi connectivity index (χ0v) is 30.6. The summed E-state index contributed by atoms with van der Waals surface area (Å²) in [6.45, 7) is 12.6. The number of nitrogens with zero attached hydrogens (tertiary/aromatic N) is 1. The molecule has 3 aromatic carbocycles. The third-order valence-corrected chi connectivity index (χ3v) is 9.81. The molecule has 1 heterocycles. The summed E-state index contributed by atoms with van der Waals surface area (Å²) >= 11 is 0. The van der Waals surface area contributed by atoms with Crippen LogP contribution in [0, 0.1) is 17.9 Å². The minimum Gasteiger partial charge on any atom is -0.512 e. The summed E-state index contributed by atoms with van der Waals surface area (Å²) in [6.07, 6.45) is 13.6. The van der Waals surface area contributed by atoms with Gasteiger partial charge >= 0.3 is 0 Å². The molecule has 46 heavy (non-hydrogen) atoms. The molecule has 1 aromatic heterocycles. The minimum atomic E-state index is 0. The van der Waals surface area contributed by atoms with Gasteiger partial charge in [0, 0.05) is 50.1 Å². The van der Waals surface area contributed by atoms with Crippen molar-refractivity contribution in [1.29, 1.82) is 0 Å². The number of carbonyl (C=O) groups excluding carboxylic acids is 1. The van der Waals surface area contributed by atoms with E-state index < -0.39 is 0 Å². The molecule has 2 aliphatic rings. The topological polar surface area (TPSA) is 50.2 Å². The molecule has 0 spiro atoms. The summed E-state index contributed by atoms with van der Waals surface area (Å²) in [5, 5.41) is 12.3. The Morgan fingerprint density at radius 3 is 2.35 bits per heavy atom. The fourth-order valence-corrected chi connectivity index (χ4v) is 7.05. The van der Waals surface area contributed by atoms with Crippen LogP contribution in [0.15, 0.2) is 78.7 Å². The van der Waals surface area contributed by atoms with Crippen molar-refractivity contribution >= 4 is 22.6 Å². The zero-order chi connectivity index (χ0) is 32.1. The second kappa shape index (κ2) is 16.0. The molecule has 1 N–H and O–H groups in total. The van der Waals surface area contributed by atoms with Gasteiger partial charge in [-0.3, -0.25) is 4.79 Å². The number of benzene rings is 3. The summed E-state index contributed by atoms with van der Waals surface area (Å²) in [6, 6.07) is 23.8. The van der Waals surface area contributed by atoms with E-state index in [1.54, 1.807) is 0 Å². The maximum atomic E-state index is 11.7. The maximum absolute atomic E-state index is 11.7. The Balaban J connectivity index is 0.000000259. The van der Waals surface area contributed by atoms with Gasteiger partial charge in [-0.1, -0.05) is 90.1 Å². The van der Waals surface area contributed by atoms with E-state index in [9.17, 15) is 9.90 Å². The number of ketones is 1. The van der Waals surface area contributed by atoms with Crippen LogP contribution in [-0.2, 0) is 31.3 Å². The molecule has 3 nitrogen and oxygen atoms in total. The smallest absolute Gasteiger partial charge is 0.162 e. The van der Waals surface area contributed by atoms with E-state index in [-0.39, 0.29) is 49.4 Å². The van der Waals surface area contributed by atoms with Crippen LogP contribution < -0.4 is 0 Å². The Hall–Kier alpha value is -3.33. The van der Waals surface area contributed by atoms with E-state index in [4.69, 9.17) is 4.98 Å². The van der Waals surface area contributed by atoms with E-state index in [0.717, 1.165) is 44.2 Å². The van der Waals surface area contributed by atoms with Crippen molar-refractivity contribution < 1.29 is 30.0 Å². The fraction of sp³-hybridized carbons (Fsp3) is 0.381. The first kappa shape index (κ1) is 35.5. The molecule has 1 radical (unpaired) electrons. The van der Waals surface area contributed by atoms with Crippen molar-refractivity contribution in [2.45, 2.75) is 91.9 Å². The molecule has 1 unspecified atom stereocenters. The average Bonchev–Trinajstić information content (AvgIpc) is 3.06. The minimum absolute atomic E-state index is 0. The van der Waals surface area contributed by atoms with Gasteiger partial charge in [-0.05, 0) is 83.7 Å². The number of aromatic nitrogens is 1. The van der Waals surface area contributed by atoms with Crippen molar-refractivity contribution in [3.63, 3.8) is 0 Å². The monoisotopic (exact) mass is 791 g/mol. The maximum Gasteiger partial charge on any atom is 0.162 e. The van der Waals surface area contributed by atoms with Gasteiger partial charge < -0.3 is 10.1 Å². The van der Waals surface area contributed by atoms with E-state index >= 15 is 0 Å². The van der Waals surface area contributed by atoms with Crippen molar-refractivity contribution in [3.8, 4) is 11.3 Å². The number of aliphatic hydroxyl groups is 1. The van der Waals surface area contributed by atoms with Gasteiger partial charge in [0.2, 0.25) is 0 Å². The molecule has 0 saturated carbocycles. The molecule has 0 fully saturated rings. The van der Waals surface area contributed by atoms with Crippen molar-refractivity contribution in [2.24, 2.45) is 11.8 Å². The van der Waals surface area contributed by atoms with Gasteiger partial charge in [-0.15, -0.1) is 40.5 Å². The van der Waals surface area contributed by atoms with Crippen molar-refractivity contribution in [2.75, 3.05) is 0 Å². The first-order chi connectivity index (χ1) is 21.8. The van der Waals surface area contributed by atoms with Crippen LogP contribution in [-0.4, -0.2) is 15.9 Å². The first-order valence-corrected chi connectivity index (χ1v) is 17.0. The molecule has 4 heteroatoms. The number of fused-ring (bicyclic) bond motifs is 4. The van der Waals surface area contributed by atoms with Crippen molar-refractivity contribution in [1.82, 2.24) is 4.98 Å². The van der Waals surface area contributed by atoms with Crippen LogP contribution in [0.4, 0.5) is 0 Å². The summed E-state index contributed by atoms with van der Waals surface area (Å²) < 4.78 is 0. The molecule has 0 saturated heterocycles. The van der Waals surface area contributed by atoms with Crippen LogP contribution in [0.2, 0.25) is 0 Å². The van der Waals surface area contributed by atoms with Gasteiger partial charge in [0.25, 0.3) is 0 Å². The summed E-state index contributed by atoms with van der Waals surface area (Å²) in [5.74, 6) is 1.25. The van der Waals surface area contributed by atoms with E-state index in [2.05, 4.69) is 86.7 Å². The summed E-state index contributed by atoms with van der Waals surface area (Å²) in [4.78, 5) is 16.6. The summed E-state index contributed by atoms with van der Waals surface area (Å²) in [5.41, 5.74) is 10.6. The number of pyridine rings is 1. The number of allylic oxidation sites excluding steroid dienone is 3. The average molecular weight is 791 g/mol. The van der Waals surface area contributed by atoms with E-state index in [1.165, 1.54) is 55.8 Å². The van der Waals surface area contributed by atoms with Gasteiger partial charge in [0.05, 0.1) is 5.76 Å². The van der Waals surface area contributed by atoms with Gasteiger partial charge in [-0.2, -0.15) is 0 Å². The second-order valence-electron chi connectivity index (χ2n) is 12.8. The van der Waals surface area contributed by atoms with Crippen LogP contribution >= 0.6 is 0 Å². The number of hydrogen-bond donors (Lipinski definition) is 1. The molecule has 2 aliphatic carbocycles. The van der Waals surface area contributed by atoms with E-state index in [0.29, 0.717) is 5.92 Å². The third-order valence-electron chi connectivity index (χ3n) is 9.81. The summed E-state index contributed by atoms with van der Waals surface area (Å²) in [7, 11) is 0. The number of hydrogen-bond acceptors (Lipinski definition) is 3. The molecule has 1 atom stereocenters. The predicted octanol–water partition coefficient (Wildman–Crippen LogP) is 11.1. The third kappa shape index (κ3) is 7.14. The molecule has 0 bridgehead atoms. The zero-order valence-electron chi connectivity index (χ0n) is 28.2. The largest absolute Gasteiger partial charge is 0.512 e.